The van der Waals surface area contributed by atoms with E-state index >= 15 is 0 Å². The largest absolute Gasteiger partial charge is 0.339 e. The molecular weight excluding hydrogens is 224 g/mol. The first kappa shape index (κ1) is 11.7. The second-order valence-electron chi connectivity index (χ2n) is 4.45. The Balaban J connectivity index is 2.33. The minimum absolute atomic E-state index is 0.418. The third kappa shape index (κ3) is 2.15. The van der Waals surface area contributed by atoms with Crippen LogP contribution in [0.3, 0.4) is 0 Å². The van der Waals surface area contributed by atoms with Crippen LogP contribution in [0.25, 0.3) is 0 Å². The summed E-state index contributed by atoms with van der Waals surface area (Å²) in [6.45, 7) is 2.04. The van der Waals surface area contributed by atoms with Gasteiger partial charge in [-0.25, -0.2) is 8.42 Å². The van der Waals surface area contributed by atoms with E-state index in [2.05, 4.69) is 5.32 Å². The van der Waals surface area contributed by atoms with Crippen molar-refractivity contribution in [3.8, 4) is 0 Å². The van der Waals surface area contributed by atoms with Gasteiger partial charge in [-0.3, -0.25) is 0 Å². The van der Waals surface area contributed by atoms with Gasteiger partial charge in [0.15, 0.2) is 9.84 Å². The Morgan fingerprint density at radius 1 is 1.31 bits per heavy atom. The molecule has 0 radical (unpaired) electrons. The van der Waals surface area contributed by atoms with E-state index in [1.807, 2.05) is 17.7 Å². The van der Waals surface area contributed by atoms with E-state index in [0.29, 0.717) is 10.9 Å². The van der Waals surface area contributed by atoms with E-state index < -0.39 is 9.84 Å². The molecule has 90 valence electrons. The van der Waals surface area contributed by atoms with Crippen LogP contribution in [0, 0.1) is 0 Å². The molecule has 2 heterocycles. The average molecular weight is 242 g/mol. The molecular formula is C11H18N2O2S. The molecule has 1 aromatic heterocycles. The summed E-state index contributed by atoms with van der Waals surface area (Å²) in [6.07, 6.45) is 3.43. The van der Waals surface area contributed by atoms with Gasteiger partial charge < -0.3 is 9.88 Å². The molecule has 0 spiro atoms. The molecule has 2 rings (SSSR count). The molecule has 1 fully saturated rings. The SMILES string of the molecule is Cn1c(C2CCNCC2)ccc1S(C)(=O)=O. The maximum absolute atomic E-state index is 11.5. The van der Waals surface area contributed by atoms with Crippen LogP contribution < -0.4 is 5.32 Å². The predicted octanol–water partition coefficient (Wildman–Crippen LogP) is 0.896. The van der Waals surface area contributed by atoms with Gasteiger partial charge in [0, 0.05) is 24.9 Å². The number of sulfone groups is 1. The van der Waals surface area contributed by atoms with Crippen molar-refractivity contribution >= 4 is 9.84 Å². The molecule has 1 aliphatic rings. The van der Waals surface area contributed by atoms with Crippen molar-refractivity contribution in [3.05, 3.63) is 17.8 Å². The Morgan fingerprint density at radius 2 is 1.94 bits per heavy atom. The van der Waals surface area contributed by atoms with Gasteiger partial charge in [-0.2, -0.15) is 0 Å². The van der Waals surface area contributed by atoms with E-state index in [1.165, 1.54) is 6.26 Å². The molecule has 1 aliphatic heterocycles. The number of rotatable bonds is 2. The molecule has 0 aliphatic carbocycles. The van der Waals surface area contributed by atoms with Crippen LogP contribution in [0.15, 0.2) is 17.2 Å². The van der Waals surface area contributed by atoms with Crippen LogP contribution in [0.2, 0.25) is 0 Å². The number of hydrogen-bond acceptors (Lipinski definition) is 3. The summed E-state index contributed by atoms with van der Waals surface area (Å²) < 4.78 is 24.9. The van der Waals surface area contributed by atoms with Gasteiger partial charge in [0.25, 0.3) is 0 Å². The highest BCUT2D eigenvalue weighted by Crippen LogP contribution is 2.27. The highest BCUT2D eigenvalue weighted by molar-refractivity contribution is 7.90. The summed E-state index contributed by atoms with van der Waals surface area (Å²) >= 11 is 0. The summed E-state index contributed by atoms with van der Waals surface area (Å²) in [5.41, 5.74) is 1.14. The Hall–Kier alpha value is -0.810. The van der Waals surface area contributed by atoms with Crippen molar-refractivity contribution in [2.45, 2.75) is 23.8 Å². The molecule has 1 saturated heterocycles. The number of aromatic nitrogens is 1. The van der Waals surface area contributed by atoms with Gasteiger partial charge in [0.2, 0.25) is 0 Å². The normalized spacial score (nSPS) is 18.9. The van der Waals surface area contributed by atoms with E-state index in [9.17, 15) is 8.42 Å². The number of nitrogens with one attached hydrogen (secondary N) is 1. The van der Waals surface area contributed by atoms with Crippen molar-refractivity contribution in [2.75, 3.05) is 19.3 Å². The molecule has 0 aromatic carbocycles. The van der Waals surface area contributed by atoms with Gasteiger partial charge in [0.05, 0.1) is 0 Å². The minimum Gasteiger partial charge on any atom is -0.339 e. The summed E-state index contributed by atoms with van der Waals surface area (Å²) in [5, 5.41) is 3.73. The van der Waals surface area contributed by atoms with Crippen molar-refractivity contribution in [3.63, 3.8) is 0 Å². The van der Waals surface area contributed by atoms with E-state index in [-0.39, 0.29) is 0 Å². The minimum atomic E-state index is -3.10. The first-order valence-electron chi connectivity index (χ1n) is 5.56. The number of nitrogens with zero attached hydrogens (tertiary/aromatic N) is 1. The smallest absolute Gasteiger partial charge is 0.190 e. The average Bonchev–Trinajstić information content (AvgIpc) is 2.61. The summed E-state index contributed by atoms with van der Waals surface area (Å²) in [5.74, 6) is 0.488. The van der Waals surface area contributed by atoms with Crippen LogP contribution >= 0.6 is 0 Å². The fourth-order valence-corrected chi connectivity index (χ4v) is 3.33. The molecule has 0 bridgehead atoms. The predicted molar refractivity (Wildman–Crippen MR) is 63.4 cm³/mol. The Bertz CT molecular complexity index is 470. The molecule has 1 N–H and O–H groups in total. The summed E-state index contributed by atoms with van der Waals surface area (Å²) in [7, 11) is -1.26. The van der Waals surface area contributed by atoms with Crippen molar-refractivity contribution in [2.24, 2.45) is 7.05 Å². The zero-order valence-corrected chi connectivity index (χ0v) is 10.5. The van der Waals surface area contributed by atoms with E-state index in [4.69, 9.17) is 0 Å². The lowest BCUT2D eigenvalue weighted by atomic mass is 9.95. The summed E-state index contributed by atoms with van der Waals surface area (Å²) in [4.78, 5) is 0. The van der Waals surface area contributed by atoms with Gasteiger partial charge >= 0.3 is 0 Å². The van der Waals surface area contributed by atoms with E-state index in [0.717, 1.165) is 31.6 Å². The second-order valence-corrected chi connectivity index (χ2v) is 6.41. The van der Waals surface area contributed by atoms with Crippen LogP contribution in [0.5, 0.6) is 0 Å². The van der Waals surface area contributed by atoms with Crippen molar-refractivity contribution in [1.82, 2.24) is 9.88 Å². The third-order valence-electron chi connectivity index (χ3n) is 3.25. The zero-order chi connectivity index (χ0) is 11.8. The molecule has 1 aromatic rings. The van der Waals surface area contributed by atoms with Gasteiger partial charge in [-0.05, 0) is 38.1 Å². The lowest BCUT2D eigenvalue weighted by Crippen LogP contribution is -2.27. The highest BCUT2D eigenvalue weighted by atomic mass is 32.2. The second kappa shape index (κ2) is 4.22. The Kier molecular flexibility index (Phi) is 3.08. The first-order chi connectivity index (χ1) is 7.50. The fourth-order valence-electron chi connectivity index (χ4n) is 2.41. The van der Waals surface area contributed by atoms with Gasteiger partial charge in [-0.1, -0.05) is 0 Å². The summed E-state index contributed by atoms with van der Waals surface area (Å²) in [6, 6.07) is 3.67. The zero-order valence-electron chi connectivity index (χ0n) is 9.73. The number of hydrogen-bond donors (Lipinski definition) is 1. The highest BCUT2D eigenvalue weighted by Gasteiger charge is 2.21. The fraction of sp³-hybridized carbons (Fsp3) is 0.636. The van der Waals surface area contributed by atoms with Gasteiger partial charge in [0.1, 0.15) is 5.03 Å². The monoisotopic (exact) mass is 242 g/mol. The number of piperidine rings is 1. The molecule has 16 heavy (non-hydrogen) atoms. The third-order valence-corrected chi connectivity index (χ3v) is 4.42. The maximum atomic E-state index is 11.5. The standard InChI is InChI=1S/C11H18N2O2S/c1-13-10(9-5-7-12-8-6-9)3-4-11(13)16(2,14)15/h3-4,9,12H,5-8H2,1-2H3. The Morgan fingerprint density at radius 3 is 2.44 bits per heavy atom. The van der Waals surface area contributed by atoms with Crippen LogP contribution in [-0.2, 0) is 16.9 Å². The maximum Gasteiger partial charge on any atom is 0.190 e. The topological polar surface area (TPSA) is 51.1 Å². The van der Waals surface area contributed by atoms with Crippen LogP contribution in [0.1, 0.15) is 24.5 Å². The van der Waals surface area contributed by atoms with Crippen molar-refractivity contribution in [1.29, 1.82) is 0 Å². The lowest BCUT2D eigenvalue weighted by molar-refractivity contribution is 0.441. The van der Waals surface area contributed by atoms with Crippen LogP contribution in [-0.4, -0.2) is 32.3 Å². The van der Waals surface area contributed by atoms with Crippen LogP contribution in [0.4, 0.5) is 0 Å². The van der Waals surface area contributed by atoms with Crippen molar-refractivity contribution < 1.29 is 8.42 Å². The Labute approximate surface area is 96.6 Å². The molecule has 0 atom stereocenters. The first-order valence-corrected chi connectivity index (χ1v) is 7.45. The van der Waals surface area contributed by atoms with E-state index in [1.54, 1.807) is 6.07 Å². The molecule has 0 saturated carbocycles. The molecule has 5 heteroatoms. The van der Waals surface area contributed by atoms with Gasteiger partial charge in [-0.15, -0.1) is 0 Å². The molecule has 4 nitrogen and oxygen atoms in total. The molecule has 0 unspecified atom stereocenters. The lowest BCUT2D eigenvalue weighted by Gasteiger charge is -2.23. The molecule has 0 amide bonds. The quantitative estimate of drug-likeness (QED) is 0.838.